The van der Waals surface area contributed by atoms with Gasteiger partial charge in [0.15, 0.2) is 0 Å². The molecule has 1 rings (SSSR count). The van der Waals surface area contributed by atoms with Crippen LogP contribution in [0.2, 0.25) is 0 Å². The molecule has 0 aromatic heterocycles. The quantitative estimate of drug-likeness (QED) is 0.604. The number of ketones is 2. The van der Waals surface area contributed by atoms with Crippen LogP contribution in [0.1, 0.15) is 47.0 Å². The van der Waals surface area contributed by atoms with Gasteiger partial charge >= 0.3 is 0 Å². The van der Waals surface area contributed by atoms with Gasteiger partial charge in [-0.05, 0) is 18.8 Å². The Balaban J connectivity index is 2.70. The lowest BCUT2D eigenvalue weighted by Gasteiger charge is -2.28. The van der Waals surface area contributed by atoms with Crippen LogP contribution in [0.5, 0.6) is 0 Å². The molecule has 0 heterocycles. The molecule has 0 spiro atoms. The maximum Gasteiger partial charge on any atom is 0.148 e. The predicted molar refractivity (Wildman–Crippen MR) is 56.0 cm³/mol. The fraction of sp³-hybridized carbons (Fsp3) is 0.833. The predicted octanol–water partition coefficient (Wildman–Crippen LogP) is 2.61. The first kappa shape index (κ1) is 11.4. The largest absolute Gasteiger partial charge is 0.299 e. The highest BCUT2D eigenvalue weighted by molar-refractivity contribution is 6.04. The molecule has 1 saturated carbocycles. The van der Waals surface area contributed by atoms with Gasteiger partial charge in [-0.15, -0.1) is 0 Å². The van der Waals surface area contributed by atoms with Gasteiger partial charge in [0.25, 0.3) is 0 Å². The molecule has 0 aromatic rings. The number of carbonyl (C=O) groups excluding carboxylic acids is 2. The van der Waals surface area contributed by atoms with Crippen molar-refractivity contribution in [2.24, 2.45) is 17.3 Å². The minimum absolute atomic E-state index is 0.120. The van der Waals surface area contributed by atoms with Crippen molar-refractivity contribution < 1.29 is 9.59 Å². The molecule has 0 saturated heterocycles. The lowest BCUT2D eigenvalue weighted by Crippen LogP contribution is -2.36. The van der Waals surface area contributed by atoms with Gasteiger partial charge in [0.05, 0.1) is 5.92 Å². The molecule has 0 aliphatic heterocycles. The zero-order valence-corrected chi connectivity index (χ0v) is 9.59. The molecule has 0 amide bonds. The molecule has 0 bridgehead atoms. The Hall–Kier alpha value is -0.660. The van der Waals surface area contributed by atoms with E-state index in [1.54, 1.807) is 0 Å². The average molecular weight is 196 g/mol. The van der Waals surface area contributed by atoms with E-state index in [9.17, 15) is 9.59 Å². The molecule has 1 aliphatic carbocycles. The third-order valence-electron chi connectivity index (χ3n) is 2.94. The van der Waals surface area contributed by atoms with Gasteiger partial charge in [-0.25, -0.2) is 0 Å². The van der Waals surface area contributed by atoms with Crippen LogP contribution in [0.25, 0.3) is 0 Å². The third-order valence-corrected chi connectivity index (χ3v) is 2.94. The third kappa shape index (κ3) is 2.43. The van der Waals surface area contributed by atoms with Crippen LogP contribution in [0.4, 0.5) is 0 Å². The van der Waals surface area contributed by atoms with Crippen molar-refractivity contribution in [2.75, 3.05) is 0 Å². The number of Topliss-reactive ketones (excluding diaryl/α,β-unsaturated/α-hetero) is 2. The van der Waals surface area contributed by atoms with Gasteiger partial charge in [-0.2, -0.15) is 0 Å². The molecule has 0 N–H and O–H groups in total. The second kappa shape index (κ2) is 3.84. The number of hydrogen-bond donors (Lipinski definition) is 0. The van der Waals surface area contributed by atoms with Crippen LogP contribution in [0.3, 0.4) is 0 Å². The summed E-state index contributed by atoms with van der Waals surface area (Å²) < 4.78 is 0. The molecule has 14 heavy (non-hydrogen) atoms. The van der Waals surface area contributed by atoms with Crippen LogP contribution in [-0.4, -0.2) is 11.6 Å². The van der Waals surface area contributed by atoms with Gasteiger partial charge in [0.1, 0.15) is 11.6 Å². The van der Waals surface area contributed by atoms with Crippen molar-refractivity contribution in [3.8, 4) is 0 Å². The first-order valence-corrected chi connectivity index (χ1v) is 5.39. The van der Waals surface area contributed by atoms with E-state index in [1.807, 2.05) is 20.8 Å². The minimum Gasteiger partial charge on any atom is -0.299 e. The highest BCUT2D eigenvalue weighted by atomic mass is 16.2. The second-order valence-electron chi connectivity index (χ2n) is 5.52. The summed E-state index contributed by atoms with van der Waals surface area (Å²) in [6, 6.07) is 0. The summed E-state index contributed by atoms with van der Waals surface area (Å²) in [4.78, 5) is 23.6. The first-order valence-electron chi connectivity index (χ1n) is 5.39. The van der Waals surface area contributed by atoms with Gasteiger partial charge in [-0.1, -0.05) is 27.7 Å². The zero-order chi connectivity index (χ0) is 10.9. The second-order valence-corrected chi connectivity index (χ2v) is 5.52. The van der Waals surface area contributed by atoms with E-state index in [1.165, 1.54) is 0 Å². The van der Waals surface area contributed by atoms with E-state index >= 15 is 0 Å². The molecule has 1 aliphatic rings. The van der Waals surface area contributed by atoms with Crippen molar-refractivity contribution in [1.82, 2.24) is 0 Å². The molecule has 1 fully saturated rings. The maximum absolute atomic E-state index is 11.9. The normalized spacial score (nSPS) is 29.0. The SMILES string of the molecule is C[C@H]1CC[C@H](C(=O)C(C)(C)C)C(=O)C1. The summed E-state index contributed by atoms with van der Waals surface area (Å²) >= 11 is 0. The molecule has 0 aromatic carbocycles. The van der Waals surface area contributed by atoms with E-state index in [4.69, 9.17) is 0 Å². The fourth-order valence-electron chi connectivity index (χ4n) is 2.00. The van der Waals surface area contributed by atoms with Gasteiger partial charge in [0.2, 0.25) is 0 Å². The van der Waals surface area contributed by atoms with Crippen LogP contribution < -0.4 is 0 Å². The topological polar surface area (TPSA) is 34.1 Å². The van der Waals surface area contributed by atoms with Crippen LogP contribution >= 0.6 is 0 Å². The van der Waals surface area contributed by atoms with Crippen LogP contribution in [0.15, 0.2) is 0 Å². The molecule has 2 nitrogen and oxygen atoms in total. The van der Waals surface area contributed by atoms with Crippen molar-refractivity contribution in [3.63, 3.8) is 0 Å². The Morgan fingerprint density at radius 3 is 2.29 bits per heavy atom. The monoisotopic (exact) mass is 196 g/mol. The van der Waals surface area contributed by atoms with Crippen molar-refractivity contribution >= 4 is 11.6 Å². The van der Waals surface area contributed by atoms with Crippen LogP contribution in [0, 0.1) is 17.3 Å². The zero-order valence-electron chi connectivity index (χ0n) is 9.59. The number of rotatable bonds is 1. The van der Waals surface area contributed by atoms with Crippen molar-refractivity contribution in [2.45, 2.75) is 47.0 Å². The van der Waals surface area contributed by atoms with E-state index in [-0.39, 0.29) is 22.9 Å². The molecular weight excluding hydrogens is 176 g/mol. The minimum atomic E-state index is -0.374. The fourth-order valence-corrected chi connectivity index (χ4v) is 2.00. The molecule has 0 radical (unpaired) electrons. The Bertz CT molecular complexity index is 248. The number of hydrogen-bond acceptors (Lipinski definition) is 2. The summed E-state index contributed by atoms with van der Waals surface area (Å²) in [6.07, 6.45) is 2.36. The molecule has 80 valence electrons. The molecule has 2 atom stereocenters. The van der Waals surface area contributed by atoms with E-state index in [0.717, 1.165) is 12.8 Å². The Labute approximate surface area is 86.1 Å². The molecular formula is C12H20O2. The number of carbonyl (C=O) groups is 2. The van der Waals surface area contributed by atoms with Gasteiger partial charge in [-0.3, -0.25) is 9.59 Å². The Morgan fingerprint density at radius 2 is 1.86 bits per heavy atom. The van der Waals surface area contributed by atoms with Gasteiger partial charge < -0.3 is 0 Å². The summed E-state index contributed by atoms with van der Waals surface area (Å²) in [5.41, 5.74) is -0.374. The summed E-state index contributed by atoms with van der Waals surface area (Å²) in [7, 11) is 0. The summed E-state index contributed by atoms with van der Waals surface area (Å²) in [5.74, 6) is 0.427. The van der Waals surface area contributed by atoms with E-state index < -0.39 is 0 Å². The standard InChI is InChI=1S/C12H20O2/c1-8-5-6-9(10(13)7-8)11(14)12(2,3)4/h8-9H,5-7H2,1-4H3/t8-,9-/m0/s1. The van der Waals surface area contributed by atoms with Crippen molar-refractivity contribution in [1.29, 1.82) is 0 Å². The van der Waals surface area contributed by atoms with E-state index in [2.05, 4.69) is 6.92 Å². The summed E-state index contributed by atoms with van der Waals surface area (Å²) in [6.45, 7) is 7.75. The Kier molecular flexibility index (Phi) is 3.13. The van der Waals surface area contributed by atoms with Crippen molar-refractivity contribution in [3.05, 3.63) is 0 Å². The molecule has 2 heteroatoms. The Morgan fingerprint density at radius 1 is 1.29 bits per heavy atom. The van der Waals surface area contributed by atoms with Crippen LogP contribution in [-0.2, 0) is 9.59 Å². The highest BCUT2D eigenvalue weighted by Crippen LogP contribution is 2.31. The summed E-state index contributed by atoms with van der Waals surface area (Å²) in [5, 5.41) is 0. The maximum atomic E-state index is 11.9. The highest BCUT2D eigenvalue weighted by Gasteiger charge is 2.36. The average Bonchev–Trinajstić information content (AvgIpc) is 2.01. The first-order chi connectivity index (χ1) is 6.32. The molecule has 0 unspecified atom stereocenters. The lowest BCUT2D eigenvalue weighted by molar-refractivity contribution is -0.139. The lowest BCUT2D eigenvalue weighted by atomic mass is 9.73. The van der Waals surface area contributed by atoms with Gasteiger partial charge in [0, 0.05) is 11.8 Å². The smallest absolute Gasteiger partial charge is 0.148 e. The van der Waals surface area contributed by atoms with E-state index in [0.29, 0.717) is 12.3 Å².